The van der Waals surface area contributed by atoms with E-state index in [1.54, 1.807) is 42.5 Å². The molecule has 1 heterocycles. The highest BCUT2D eigenvalue weighted by molar-refractivity contribution is 7.89. The smallest absolute Gasteiger partial charge is 0.243 e. The maximum absolute atomic E-state index is 13.6. The summed E-state index contributed by atoms with van der Waals surface area (Å²) in [5.74, 6) is -0.325. The molecular formula is C22H29FN2O4S. The fourth-order valence-electron chi connectivity index (χ4n) is 3.50. The molecule has 1 fully saturated rings. The molecule has 3 rings (SSSR count). The molecule has 2 aromatic rings. The van der Waals surface area contributed by atoms with E-state index in [1.165, 1.54) is 10.4 Å². The number of benzene rings is 2. The highest BCUT2D eigenvalue weighted by Crippen LogP contribution is 2.18. The van der Waals surface area contributed by atoms with Crippen LogP contribution in [0.3, 0.4) is 0 Å². The average molecular weight is 437 g/mol. The summed E-state index contributed by atoms with van der Waals surface area (Å²) in [5.41, 5.74) is 1.47. The van der Waals surface area contributed by atoms with Crippen LogP contribution >= 0.6 is 0 Å². The van der Waals surface area contributed by atoms with Crippen LogP contribution in [0.15, 0.2) is 53.4 Å². The Morgan fingerprint density at radius 1 is 1.07 bits per heavy atom. The Bertz CT molecular complexity index is 921. The third-order valence-electron chi connectivity index (χ3n) is 5.20. The van der Waals surface area contributed by atoms with E-state index in [2.05, 4.69) is 0 Å². The largest absolute Gasteiger partial charge is 0.389 e. The first-order chi connectivity index (χ1) is 14.4. The van der Waals surface area contributed by atoms with Crippen molar-refractivity contribution in [3.63, 3.8) is 0 Å². The standard InChI is InChI=1S/C22H29FN2O4S/c1-18-7-9-21(10-8-18)30(27,28)25-12-4-11-24(13-14-25)15-20(26)17-29-16-19-5-2-3-6-22(19)23/h2-3,5-10,20,26H,4,11-17H2,1H3/t20-/m0/s1. The zero-order valence-corrected chi connectivity index (χ0v) is 18.0. The lowest BCUT2D eigenvalue weighted by molar-refractivity contribution is 0.00994. The zero-order chi connectivity index (χ0) is 21.6. The van der Waals surface area contributed by atoms with E-state index < -0.39 is 16.1 Å². The number of sulfonamides is 1. The SMILES string of the molecule is Cc1ccc(S(=O)(=O)N2CCCN(C[C@H](O)COCc3ccccc3F)CC2)cc1. The molecule has 0 bridgehead atoms. The minimum Gasteiger partial charge on any atom is -0.389 e. The Labute approximate surface area is 177 Å². The second kappa shape index (κ2) is 10.5. The number of nitrogens with zero attached hydrogens (tertiary/aromatic N) is 2. The Hall–Kier alpha value is -1.84. The van der Waals surface area contributed by atoms with Gasteiger partial charge in [0.15, 0.2) is 0 Å². The normalized spacial score (nSPS) is 17.6. The second-order valence-electron chi connectivity index (χ2n) is 7.63. The lowest BCUT2D eigenvalue weighted by Crippen LogP contribution is -2.38. The molecule has 0 spiro atoms. The topological polar surface area (TPSA) is 70.1 Å². The van der Waals surface area contributed by atoms with E-state index in [4.69, 9.17) is 4.74 Å². The van der Waals surface area contributed by atoms with Crippen LogP contribution in [0.25, 0.3) is 0 Å². The number of hydrogen-bond donors (Lipinski definition) is 1. The molecule has 0 amide bonds. The summed E-state index contributed by atoms with van der Waals surface area (Å²) in [5, 5.41) is 10.3. The predicted octanol–water partition coefficient (Wildman–Crippen LogP) is 2.41. The van der Waals surface area contributed by atoms with Crippen molar-refractivity contribution in [2.24, 2.45) is 0 Å². The number of β-amino-alcohol motifs (C(OH)–C–C–N with tert-alkyl or cyclic N) is 1. The molecule has 30 heavy (non-hydrogen) atoms. The van der Waals surface area contributed by atoms with Crippen molar-refractivity contribution in [2.75, 3.05) is 39.3 Å². The van der Waals surface area contributed by atoms with Gasteiger partial charge in [-0.05, 0) is 38.1 Å². The highest BCUT2D eigenvalue weighted by Gasteiger charge is 2.27. The molecule has 1 saturated heterocycles. The Morgan fingerprint density at radius 3 is 2.53 bits per heavy atom. The van der Waals surface area contributed by atoms with Crippen LogP contribution in [0.4, 0.5) is 4.39 Å². The molecule has 1 atom stereocenters. The molecule has 1 aliphatic heterocycles. The number of ether oxygens (including phenoxy) is 1. The number of aliphatic hydroxyl groups excluding tert-OH is 1. The molecule has 0 radical (unpaired) electrons. The van der Waals surface area contributed by atoms with Gasteiger partial charge >= 0.3 is 0 Å². The maximum Gasteiger partial charge on any atom is 0.243 e. The summed E-state index contributed by atoms with van der Waals surface area (Å²) in [6.07, 6.45) is -0.0366. The monoisotopic (exact) mass is 436 g/mol. The number of hydrogen-bond acceptors (Lipinski definition) is 5. The molecule has 0 unspecified atom stereocenters. The molecular weight excluding hydrogens is 407 g/mol. The van der Waals surface area contributed by atoms with Gasteiger partial charge in [-0.15, -0.1) is 0 Å². The van der Waals surface area contributed by atoms with E-state index in [0.717, 1.165) is 5.56 Å². The minimum absolute atomic E-state index is 0.0935. The van der Waals surface area contributed by atoms with E-state index in [1.807, 2.05) is 11.8 Å². The van der Waals surface area contributed by atoms with Gasteiger partial charge in [-0.2, -0.15) is 4.31 Å². The molecule has 2 aromatic carbocycles. The Kier molecular flexibility index (Phi) is 7.96. The molecule has 0 aromatic heterocycles. The third kappa shape index (κ3) is 6.09. The summed E-state index contributed by atoms with van der Waals surface area (Å²) in [4.78, 5) is 2.35. The summed E-state index contributed by atoms with van der Waals surface area (Å²) >= 11 is 0. The van der Waals surface area contributed by atoms with Gasteiger partial charge in [-0.3, -0.25) is 4.90 Å². The maximum atomic E-state index is 13.6. The predicted molar refractivity (Wildman–Crippen MR) is 113 cm³/mol. The average Bonchev–Trinajstić information content (AvgIpc) is 2.96. The third-order valence-corrected chi connectivity index (χ3v) is 7.11. The summed E-state index contributed by atoms with van der Waals surface area (Å²) in [6, 6.07) is 13.3. The van der Waals surface area contributed by atoms with Crippen molar-refractivity contribution in [2.45, 2.75) is 31.0 Å². The van der Waals surface area contributed by atoms with Crippen LogP contribution in [0.2, 0.25) is 0 Å². The van der Waals surface area contributed by atoms with Gasteiger partial charge in [-0.25, -0.2) is 12.8 Å². The molecule has 164 valence electrons. The van der Waals surface area contributed by atoms with Crippen LogP contribution in [0.5, 0.6) is 0 Å². The molecule has 0 saturated carbocycles. The van der Waals surface area contributed by atoms with Gasteiger partial charge in [0.25, 0.3) is 0 Å². The number of rotatable bonds is 8. The van der Waals surface area contributed by atoms with Crippen molar-refractivity contribution in [1.82, 2.24) is 9.21 Å². The van der Waals surface area contributed by atoms with Gasteiger partial charge < -0.3 is 9.84 Å². The van der Waals surface area contributed by atoms with Crippen LogP contribution < -0.4 is 0 Å². The van der Waals surface area contributed by atoms with Gasteiger partial charge in [0.2, 0.25) is 10.0 Å². The van der Waals surface area contributed by atoms with Crippen molar-refractivity contribution < 1.29 is 22.7 Å². The Morgan fingerprint density at radius 2 is 1.80 bits per heavy atom. The lowest BCUT2D eigenvalue weighted by atomic mass is 10.2. The van der Waals surface area contributed by atoms with E-state index >= 15 is 0 Å². The van der Waals surface area contributed by atoms with Crippen LogP contribution in [0, 0.1) is 12.7 Å². The van der Waals surface area contributed by atoms with Crippen molar-refractivity contribution in [3.05, 3.63) is 65.5 Å². The lowest BCUT2D eigenvalue weighted by Gasteiger charge is -2.24. The minimum atomic E-state index is -3.52. The quantitative estimate of drug-likeness (QED) is 0.688. The van der Waals surface area contributed by atoms with Gasteiger partial charge in [0.1, 0.15) is 5.82 Å². The molecule has 8 heteroatoms. The number of aliphatic hydroxyl groups is 1. The summed E-state index contributed by atoms with van der Waals surface area (Å²) < 4.78 is 46.4. The van der Waals surface area contributed by atoms with E-state index in [0.29, 0.717) is 49.6 Å². The van der Waals surface area contributed by atoms with Gasteiger partial charge in [0, 0.05) is 31.7 Å². The Balaban J connectivity index is 1.47. The summed E-state index contributed by atoms with van der Waals surface area (Å²) in [6.45, 7) is 4.56. The number of aryl methyl sites for hydroxylation is 1. The first-order valence-electron chi connectivity index (χ1n) is 10.1. The molecule has 1 N–H and O–H groups in total. The fourth-order valence-corrected chi connectivity index (χ4v) is 4.97. The van der Waals surface area contributed by atoms with Crippen LogP contribution in [-0.2, 0) is 21.4 Å². The van der Waals surface area contributed by atoms with E-state index in [-0.39, 0.29) is 19.0 Å². The zero-order valence-electron chi connectivity index (χ0n) is 17.2. The fraction of sp³-hybridized carbons (Fsp3) is 0.455. The van der Waals surface area contributed by atoms with Crippen molar-refractivity contribution in [3.8, 4) is 0 Å². The highest BCUT2D eigenvalue weighted by atomic mass is 32.2. The number of halogens is 1. The first kappa shape index (κ1) is 22.8. The van der Waals surface area contributed by atoms with E-state index in [9.17, 15) is 17.9 Å². The molecule has 6 nitrogen and oxygen atoms in total. The first-order valence-corrected chi connectivity index (χ1v) is 11.6. The second-order valence-corrected chi connectivity index (χ2v) is 9.57. The molecule has 0 aliphatic carbocycles. The molecule has 1 aliphatic rings. The van der Waals surface area contributed by atoms with Crippen molar-refractivity contribution in [1.29, 1.82) is 0 Å². The van der Waals surface area contributed by atoms with Gasteiger partial charge in [0.05, 0.1) is 24.2 Å². The van der Waals surface area contributed by atoms with Crippen LogP contribution in [0.1, 0.15) is 17.5 Å². The summed E-state index contributed by atoms with van der Waals surface area (Å²) in [7, 11) is -3.52. The van der Waals surface area contributed by atoms with Crippen LogP contribution in [-0.4, -0.2) is 68.2 Å². The van der Waals surface area contributed by atoms with Crippen molar-refractivity contribution >= 4 is 10.0 Å². The van der Waals surface area contributed by atoms with Gasteiger partial charge in [-0.1, -0.05) is 35.9 Å².